The molecule has 1 aromatic heterocycles. The van der Waals surface area contributed by atoms with E-state index in [0.29, 0.717) is 0 Å². The highest BCUT2D eigenvalue weighted by Gasteiger charge is 2.32. The summed E-state index contributed by atoms with van der Waals surface area (Å²) in [6.07, 6.45) is -4.84. The number of amidine groups is 1. The number of nitrogens with one attached hydrogen (secondary N) is 1. The van der Waals surface area contributed by atoms with Crippen LogP contribution in [0.3, 0.4) is 0 Å². The number of nitrogens with zero attached hydrogens (tertiary/aromatic N) is 1. The Morgan fingerprint density at radius 3 is 2.50 bits per heavy atom. The molecule has 0 amide bonds. The van der Waals surface area contributed by atoms with E-state index in [2.05, 4.69) is 0 Å². The lowest BCUT2D eigenvalue weighted by Gasteiger charge is -2.20. The first-order valence-electron chi connectivity index (χ1n) is 8.74. The summed E-state index contributed by atoms with van der Waals surface area (Å²) in [5.74, 6) is -0.660. The monoisotopic (exact) mass is 439 g/mol. The molecule has 0 atom stereocenters. The molecule has 0 aliphatic rings. The Morgan fingerprint density at radius 2 is 1.90 bits per heavy atom. The molecule has 6 nitrogen and oxygen atoms in total. The SMILES string of the molecule is N=C(N)Cn1c(=O)c(CCO)c(-c2cc(Cl)ccc2O)c2cc(C(F)(F)F)ccc21. The van der Waals surface area contributed by atoms with Crippen LogP contribution in [0, 0.1) is 5.41 Å². The first-order chi connectivity index (χ1) is 14.0. The van der Waals surface area contributed by atoms with Crippen LogP contribution in [0.15, 0.2) is 41.2 Å². The van der Waals surface area contributed by atoms with Crippen molar-refractivity contribution >= 4 is 28.3 Å². The van der Waals surface area contributed by atoms with Crippen LogP contribution in [-0.2, 0) is 19.1 Å². The number of aliphatic hydroxyl groups excluding tert-OH is 1. The first-order valence-corrected chi connectivity index (χ1v) is 9.11. The number of nitrogens with two attached hydrogens (primary N) is 1. The van der Waals surface area contributed by atoms with Crippen molar-refractivity contribution in [1.29, 1.82) is 5.41 Å². The number of hydrogen-bond donors (Lipinski definition) is 4. The van der Waals surface area contributed by atoms with Crippen molar-refractivity contribution in [2.75, 3.05) is 6.61 Å². The first kappa shape index (κ1) is 21.7. The largest absolute Gasteiger partial charge is 0.507 e. The van der Waals surface area contributed by atoms with E-state index < -0.39 is 23.9 Å². The van der Waals surface area contributed by atoms with Crippen molar-refractivity contribution in [3.8, 4) is 16.9 Å². The van der Waals surface area contributed by atoms with Gasteiger partial charge in [0.2, 0.25) is 0 Å². The maximum Gasteiger partial charge on any atom is 0.416 e. The summed E-state index contributed by atoms with van der Waals surface area (Å²) in [5.41, 5.74) is 4.01. The molecule has 3 rings (SSSR count). The van der Waals surface area contributed by atoms with Gasteiger partial charge in [-0.05, 0) is 36.4 Å². The van der Waals surface area contributed by atoms with E-state index in [-0.39, 0.29) is 57.2 Å². The minimum atomic E-state index is -4.65. The van der Waals surface area contributed by atoms with Gasteiger partial charge >= 0.3 is 6.18 Å². The van der Waals surface area contributed by atoms with Gasteiger partial charge in [-0.15, -0.1) is 0 Å². The number of phenolic OH excluding ortho intramolecular Hbond substituents is 1. The van der Waals surface area contributed by atoms with E-state index >= 15 is 0 Å². The van der Waals surface area contributed by atoms with Gasteiger partial charge in [0, 0.05) is 40.1 Å². The van der Waals surface area contributed by atoms with E-state index in [4.69, 9.17) is 22.7 Å². The van der Waals surface area contributed by atoms with Gasteiger partial charge in [0.25, 0.3) is 5.56 Å². The van der Waals surface area contributed by atoms with Gasteiger partial charge in [-0.1, -0.05) is 11.6 Å². The predicted octanol–water partition coefficient (Wildman–Crippen LogP) is 3.52. The zero-order valence-electron chi connectivity index (χ0n) is 15.4. The summed E-state index contributed by atoms with van der Waals surface area (Å²) in [6.45, 7) is -0.810. The predicted molar refractivity (Wildman–Crippen MR) is 108 cm³/mol. The van der Waals surface area contributed by atoms with Gasteiger partial charge in [0.05, 0.1) is 17.6 Å². The number of pyridine rings is 1. The van der Waals surface area contributed by atoms with Crippen molar-refractivity contribution in [3.05, 3.63) is 62.9 Å². The van der Waals surface area contributed by atoms with Gasteiger partial charge < -0.3 is 20.5 Å². The molecule has 0 bridgehead atoms. The van der Waals surface area contributed by atoms with Crippen molar-refractivity contribution < 1.29 is 23.4 Å². The molecule has 2 aromatic carbocycles. The molecule has 0 saturated carbocycles. The van der Waals surface area contributed by atoms with Crippen molar-refractivity contribution in [1.82, 2.24) is 4.57 Å². The number of fused-ring (bicyclic) bond motifs is 1. The molecule has 5 N–H and O–H groups in total. The summed E-state index contributed by atoms with van der Waals surface area (Å²) < 4.78 is 41.3. The molecule has 3 aromatic rings. The third-order valence-electron chi connectivity index (χ3n) is 4.61. The summed E-state index contributed by atoms with van der Waals surface area (Å²) in [4.78, 5) is 13.1. The number of hydrogen-bond acceptors (Lipinski definition) is 4. The fourth-order valence-corrected chi connectivity index (χ4v) is 3.55. The highest BCUT2D eigenvalue weighted by molar-refractivity contribution is 6.31. The number of halogens is 4. The Balaban J connectivity index is 2.56. The minimum absolute atomic E-state index is 0.00620. The number of aromatic nitrogens is 1. The molecule has 0 aliphatic heterocycles. The van der Waals surface area contributed by atoms with Crippen LogP contribution in [0.5, 0.6) is 5.75 Å². The van der Waals surface area contributed by atoms with Gasteiger partial charge in [0.1, 0.15) is 11.6 Å². The Morgan fingerprint density at radius 1 is 1.20 bits per heavy atom. The summed E-state index contributed by atoms with van der Waals surface area (Å²) in [6, 6.07) is 6.80. The molecular weight excluding hydrogens is 423 g/mol. The van der Waals surface area contributed by atoms with E-state index in [1.165, 1.54) is 18.2 Å². The molecule has 0 fully saturated rings. The summed E-state index contributed by atoms with van der Waals surface area (Å²) in [5, 5.41) is 27.6. The Hall–Kier alpha value is -3.04. The van der Waals surface area contributed by atoms with Crippen LogP contribution in [0.2, 0.25) is 5.02 Å². The smallest absolute Gasteiger partial charge is 0.416 e. The fraction of sp³-hybridized carbons (Fsp3) is 0.200. The Kier molecular flexibility index (Phi) is 5.78. The second-order valence-corrected chi connectivity index (χ2v) is 7.07. The normalized spacial score (nSPS) is 11.8. The number of aliphatic hydroxyl groups is 1. The highest BCUT2D eigenvalue weighted by Crippen LogP contribution is 2.40. The molecule has 0 aliphatic carbocycles. The van der Waals surface area contributed by atoms with Crippen LogP contribution in [0.1, 0.15) is 11.1 Å². The van der Waals surface area contributed by atoms with E-state index in [9.17, 15) is 28.2 Å². The van der Waals surface area contributed by atoms with Crippen molar-refractivity contribution in [2.24, 2.45) is 5.73 Å². The van der Waals surface area contributed by atoms with Crippen molar-refractivity contribution in [3.63, 3.8) is 0 Å². The number of alkyl halides is 3. The lowest BCUT2D eigenvalue weighted by molar-refractivity contribution is -0.137. The molecule has 0 saturated heterocycles. The standard InChI is InChI=1S/C20H17ClF3N3O3/c21-11-2-4-16(29)14(8-11)18-12(5-6-28)19(30)27(9-17(25)26)15-3-1-10(7-13(15)18)20(22,23)24/h1-4,7-8,28-29H,5-6,9H2,(H3,25,26). The zero-order chi connectivity index (χ0) is 22.2. The second-order valence-electron chi connectivity index (χ2n) is 6.63. The topological polar surface area (TPSA) is 112 Å². The average molecular weight is 440 g/mol. The molecule has 30 heavy (non-hydrogen) atoms. The third kappa shape index (κ3) is 3.99. The zero-order valence-corrected chi connectivity index (χ0v) is 16.2. The maximum atomic E-state index is 13.4. The Labute approximate surface area is 173 Å². The average Bonchev–Trinajstić information content (AvgIpc) is 2.66. The third-order valence-corrected chi connectivity index (χ3v) is 4.84. The molecule has 1 heterocycles. The second kappa shape index (κ2) is 8.00. The molecule has 158 valence electrons. The van der Waals surface area contributed by atoms with Gasteiger partial charge in [0.15, 0.2) is 0 Å². The van der Waals surface area contributed by atoms with E-state index in [1.54, 1.807) is 0 Å². The van der Waals surface area contributed by atoms with Crippen LogP contribution in [0.4, 0.5) is 13.2 Å². The Bertz CT molecular complexity index is 1210. The molecular formula is C20H17ClF3N3O3. The van der Waals surface area contributed by atoms with Crippen LogP contribution in [0.25, 0.3) is 22.0 Å². The highest BCUT2D eigenvalue weighted by atomic mass is 35.5. The number of aromatic hydroxyl groups is 1. The number of phenols is 1. The lowest BCUT2D eigenvalue weighted by atomic mass is 9.92. The van der Waals surface area contributed by atoms with Crippen LogP contribution < -0.4 is 11.3 Å². The van der Waals surface area contributed by atoms with Gasteiger partial charge in [-0.25, -0.2) is 0 Å². The minimum Gasteiger partial charge on any atom is -0.507 e. The van der Waals surface area contributed by atoms with E-state index in [0.717, 1.165) is 22.8 Å². The number of benzene rings is 2. The molecule has 0 unspecified atom stereocenters. The van der Waals surface area contributed by atoms with Gasteiger partial charge in [-0.3, -0.25) is 10.2 Å². The molecule has 0 spiro atoms. The lowest BCUT2D eigenvalue weighted by Crippen LogP contribution is -2.31. The summed E-state index contributed by atoms with van der Waals surface area (Å²) >= 11 is 6.02. The molecule has 0 radical (unpaired) electrons. The van der Waals surface area contributed by atoms with Crippen LogP contribution in [-0.4, -0.2) is 27.2 Å². The quantitative estimate of drug-likeness (QED) is 0.360. The number of rotatable bonds is 5. The maximum absolute atomic E-state index is 13.4. The fourth-order valence-electron chi connectivity index (χ4n) is 3.38. The van der Waals surface area contributed by atoms with E-state index in [1.807, 2.05) is 0 Å². The van der Waals surface area contributed by atoms with Crippen LogP contribution >= 0.6 is 11.6 Å². The summed E-state index contributed by atoms with van der Waals surface area (Å²) in [7, 11) is 0. The van der Waals surface area contributed by atoms with Gasteiger partial charge in [-0.2, -0.15) is 13.2 Å². The molecule has 10 heteroatoms. The van der Waals surface area contributed by atoms with Crippen molar-refractivity contribution in [2.45, 2.75) is 19.1 Å².